The molecule has 3 rings (SSSR count). The van der Waals surface area contributed by atoms with Crippen molar-refractivity contribution in [3.8, 4) is 0 Å². The fraction of sp³-hybridized carbons (Fsp3) is 0.333. The summed E-state index contributed by atoms with van der Waals surface area (Å²) < 4.78 is 13.1. The van der Waals surface area contributed by atoms with Crippen LogP contribution >= 0.6 is 11.3 Å². The summed E-state index contributed by atoms with van der Waals surface area (Å²) >= 11 is 1.78. The fourth-order valence-corrected chi connectivity index (χ4v) is 3.01. The van der Waals surface area contributed by atoms with Gasteiger partial charge in [0.15, 0.2) is 0 Å². The van der Waals surface area contributed by atoms with Crippen LogP contribution in [0.4, 0.5) is 10.1 Å². The summed E-state index contributed by atoms with van der Waals surface area (Å²) in [6.45, 7) is 1.76. The SMILES string of the molecule is Nc1cc(F)ccc1CN(Cc1cccs1)C1CC1. The van der Waals surface area contributed by atoms with E-state index in [0.717, 1.165) is 18.7 Å². The third-order valence-electron chi connectivity index (χ3n) is 3.48. The van der Waals surface area contributed by atoms with Gasteiger partial charge >= 0.3 is 0 Å². The molecule has 100 valence electrons. The standard InChI is InChI=1S/C15H17FN2S/c16-12-4-3-11(15(17)8-12)9-18(13-5-6-13)10-14-2-1-7-19-14/h1-4,7-8,13H,5-6,9-10,17H2. The number of hydrogen-bond donors (Lipinski definition) is 1. The topological polar surface area (TPSA) is 29.3 Å². The molecule has 1 saturated carbocycles. The summed E-state index contributed by atoms with van der Waals surface area (Å²) in [5, 5.41) is 2.10. The zero-order chi connectivity index (χ0) is 13.2. The lowest BCUT2D eigenvalue weighted by Crippen LogP contribution is -2.25. The van der Waals surface area contributed by atoms with Gasteiger partial charge in [-0.2, -0.15) is 0 Å². The van der Waals surface area contributed by atoms with Crippen molar-refractivity contribution in [2.45, 2.75) is 32.0 Å². The van der Waals surface area contributed by atoms with Gasteiger partial charge in [-0.3, -0.25) is 4.90 Å². The quantitative estimate of drug-likeness (QED) is 0.845. The molecular weight excluding hydrogens is 259 g/mol. The Kier molecular flexibility index (Phi) is 3.53. The molecule has 2 nitrogen and oxygen atoms in total. The first-order chi connectivity index (χ1) is 9.22. The monoisotopic (exact) mass is 276 g/mol. The van der Waals surface area contributed by atoms with E-state index in [4.69, 9.17) is 5.73 Å². The van der Waals surface area contributed by atoms with Crippen LogP contribution in [-0.2, 0) is 13.1 Å². The molecule has 1 fully saturated rings. The van der Waals surface area contributed by atoms with E-state index >= 15 is 0 Å². The highest BCUT2D eigenvalue weighted by Crippen LogP contribution is 2.31. The lowest BCUT2D eigenvalue weighted by Gasteiger charge is -2.22. The Bertz CT molecular complexity index is 549. The van der Waals surface area contributed by atoms with Gasteiger partial charge in [-0.1, -0.05) is 12.1 Å². The van der Waals surface area contributed by atoms with E-state index in [9.17, 15) is 4.39 Å². The molecule has 0 amide bonds. The van der Waals surface area contributed by atoms with Crippen LogP contribution in [0.1, 0.15) is 23.3 Å². The summed E-state index contributed by atoms with van der Waals surface area (Å²) in [6.07, 6.45) is 2.51. The lowest BCUT2D eigenvalue weighted by atomic mass is 10.1. The highest BCUT2D eigenvalue weighted by atomic mass is 32.1. The van der Waals surface area contributed by atoms with Gasteiger partial charge in [0, 0.05) is 29.7 Å². The zero-order valence-electron chi connectivity index (χ0n) is 10.7. The van der Waals surface area contributed by atoms with Crippen molar-refractivity contribution < 1.29 is 4.39 Å². The molecule has 19 heavy (non-hydrogen) atoms. The third kappa shape index (κ3) is 3.14. The molecule has 0 unspecified atom stereocenters. The van der Waals surface area contributed by atoms with Crippen molar-refractivity contribution in [1.29, 1.82) is 0 Å². The first-order valence-electron chi connectivity index (χ1n) is 6.53. The van der Waals surface area contributed by atoms with Crippen LogP contribution in [0, 0.1) is 5.82 Å². The Morgan fingerprint density at radius 2 is 2.11 bits per heavy atom. The minimum absolute atomic E-state index is 0.266. The second kappa shape index (κ2) is 5.31. The van der Waals surface area contributed by atoms with Crippen molar-refractivity contribution in [1.82, 2.24) is 4.90 Å². The number of thiophene rings is 1. The van der Waals surface area contributed by atoms with Gasteiger partial charge in [0.1, 0.15) is 5.82 Å². The maximum Gasteiger partial charge on any atom is 0.125 e. The highest BCUT2D eigenvalue weighted by Gasteiger charge is 2.29. The van der Waals surface area contributed by atoms with E-state index in [0.29, 0.717) is 11.7 Å². The first kappa shape index (κ1) is 12.6. The average Bonchev–Trinajstić information content (AvgIpc) is 3.10. The molecule has 1 aliphatic carbocycles. The smallest absolute Gasteiger partial charge is 0.125 e. The number of benzene rings is 1. The normalized spacial score (nSPS) is 15.1. The van der Waals surface area contributed by atoms with E-state index < -0.39 is 0 Å². The molecule has 2 N–H and O–H groups in total. The molecule has 0 radical (unpaired) electrons. The van der Waals surface area contributed by atoms with Crippen LogP contribution in [0.3, 0.4) is 0 Å². The maximum atomic E-state index is 13.1. The van der Waals surface area contributed by atoms with E-state index in [-0.39, 0.29) is 5.82 Å². The molecule has 0 saturated heterocycles. The number of nitrogen functional groups attached to an aromatic ring is 1. The summed E-state index contributed by atoms with van der Waals surface area (Å²) in [4.78, 5) is 3.81. The maximum absolute atomic E-state index is 13.1. The molecule has 2 aromatic rings. The van der Waals surface area contributed by atoms with Gasteiger partial charge in [0.05, 0.1) is 0 Å². The van der Waals surface area contributed by atoms with Gasteiger partial charge in [-0.15, -0.1) is 11.3 Å². The molecule has 1 heterocycles. The predicted molar refractivity (Wildman–Crippen MR) is 77.4 cm³/mol. The van der Waals surface area contributed by atoms with Crippen LogP contribution in [-0.4, -0.2) is 10.9 Å². The number of anilines is 1. The number of nitrogens with zero attached hydrogens (tertiary/aromatic N) is 1. The molecule has 1 aromatic heterocycles. The number of nitrogens with two attached hydrogens (primary N) is 1. The Labute approximate surface area is 116 Å². The predicted octanol–water partition coefficient (Wildman–Crippen LogP) is 3.63. The van der Waals surface area contributed by atoms with Crippen LogP contribution in [0.15, 0.2) is 35.7 Å². The van der Waals surface area contributed by atoms with Crippen LogP contribution in [0.25, 0.3) is 0 Å². The van der Waals surface area contributed by atoms with Crippen molar-refractivity contribution in [3.63, 3.8) is 0 Å². The summed E-state index contributed by atoms with van der Waals surface area (Å²) in [5.41, 5.74) is 7.47. The second-order valence-corrected chi connectivity index (χ2v) is 6.09. The molecule has 1 aliphatic rings. The number of hydrogen-bond acceptors (Lipinski definition) is 3. The molecular formula is C15H17FN2S. The Morgan fingerprint density at radius 3 is 2.74 bits per heavy atom. The third-order valence-corrected chi connectivity index (χ3v) is 4.34. The Hall–Kier alpha value is -1.39. The molecule has 0 spiro atoms. The molecule has 0 bridgehead atoms. The summed E-state index contributed by atoms with van der Waals surface area (Å²) in [7, 11) is 0. The summed E-state index contributed by atoms with van der Waals surface area (Å²) in [6, 6.07) is 9.60. The van der Waals surface area contributed by atoms with Crippen LogP contribution in [0.5, 0.6) is 0 Å². The average molecular weight is 276 g/mol. The first-order valence-corrected chi connectivity index (χ1v) is 7.40. The van der Waals surface area contributed by atoms with E-state index in [1.165, 1.54) is 29.9 Å². The van der Waals surface area contributed by atoms with E-state index in [1.807, 2.05) is 0 Å². The van der Waals surface area contributed by atoms with Gasteiger partial charge < -0.3 is 5.73 Å². The number of halogens is 1. The minimum atomic E-state index is -0.266. The molecule has 0 atom stereocenters. The van der Waals surface area contributed by atoms with Gasteiger partial charge in [-0.05, 0) is 42.0 Å². The lowest BCUT2D eigenvalue weighted by molar-refractivity contribution is 0.248. The van der Waals surface area contributed by atoms with Crippen molar-refractivity contribution in [2.24, 2.45) is 0 Å². The highest BCUT2D eigenvalue weighted by molar-refractivity contribution is 7.09. The van der Waals surface area contributed by atoms with Crippen molar-refractivity contribution in [2.75, 3.05) is 5.73 Å². The van der Waals surface area contributed by atoms with Crippen LogP contribution < -0.4 is 5.73 Å². The van der Waals surface area contributed by atoms with Crippen LogP contribution in [0.2, 0.25) is 0 Å². The van der Waals surface area contributed by atoms with Crippen molar-refractivity contribution in [3.05, 3.63) is 52.0 Å². The largest absolute Gasteiger partial charge is 0.398 e. The number of rotatable bonds is 5. The fourth-order valence-electron chi connectivity index (χ4n) is 2.29. The van der Waals surface area contributed by atoms with Gasteiger partial charge in [0.2, 0.25) is 0 Å². The summed E-state index contributed by atoms with van der Waals surface area (Å²) in [5.74, 6) is -0.266. The van der Waals surface area contributed by atoms with Crippen molar-refractivity contribution >= 4 is 17.0 Å². The second-order valence-electron chi connectivity index (χ2n) is 5.06. The van der Waals surface area contributed by atoms with E-state index in [2.05, 4.69) is 22.4 Å². The van der Waals surface area contributed by atoms with E-state index in [1.54, 1.807) is 17.4 Å². The Morgan fingerprint density at radius 1 is 1.26 bits per heavy atom. The van der Waals surface area contributed by atoms with Gasteiger partial charge in [-0.25, -0.2) is 4.39 Å². The Balaban J connectivity index is 1.74. The minimum Gasteiger partial charge on any atom is -0.398 e. The molecule has 1 aromatic carbocycles. The van der Waals surface area contributed by atoms with Gasteiger partial charge in [0.25, 0.3) is 0 Å². The zero-order valence-corrected chi connectivity index (χ0v) is 11.5. The molecule has 0 aliphatic heterocycles. The molecule has 4 heteroatoms.